The van der Waals surface area contributed by atoms with E-state index in [2.05, 4.69) is 15.5 Å². The molecule has 0 spiro atoms. The van der Waals surface area contributed by atoms with Gasteiger partial charge in [0.2, 0.25) is 0 Å². The summed E-state index contributed by atoms with van der Waals surface area (Å²) >= 11 is 0. The van der Waals surface area contributed by atoms with Crippen molar-refractivity contribution < 1.29 is 9.90 Å². The molecule has 128 valence electrons. The SMILES string of the molecule is CC(C)(O)CCc1ccc(C(=O)N[C@H]2CCc3[nH]ncc3C2)cc1. The third-order valence-corrected chi connectivity index (χ3v) is 4.59. The van der Waals surface area contributed by atoms with Crippen LogP contribution in [0.25, 0.3) is 0 Å². The van der Waals surface area contributed by atoms with Crippen molar-refractivity contribution in [2.24, 2.45) is 0 Å². The molecule has 1 aliphatic carbocycles. The van der Waals surface area contributed by atoms with Gasteiger partial charge in [-0.2, -0.15) is 5.10 Å². The van der Waals surface area contributed by atoms with Gasteiger partial charge >= 0.3 is 0 Å². The zero-order valence-electron chi connectivity index (χ0n) is 14.3. The minimum absolute atomic E-state index is 0.0269. The summed E-state index contributed by atoms with van der Waals surface area (Å²) in [5, 5.41) is 20.0. The van der Waals surface area contributed by atoms with Gasteiger partial charge in [0.15, 0.2) is 0 Å². The fourth-order valence-corrected chi connectivity index (χ4v) is 3.08. The molecule has 1 aromatic carbocycles. The lowest BCUT2D eigenvalue weighted by Crippen LogP contribution is -2.38. The molecule has 1 atom stereocenters. The van der Waals surface area contributed by atoms with Gasteiger partial charge in [0, 0.05) is 17.3 Å². The highest BCUT2D eigenvalue weighted by atomic mass is 16.3. The molecule has 2 aromatic rings. The summed E-state index contributed by atoms with van der Waals surface area (Å²) in [6, 6.07) is 7.82. The Morgan fingerprint density at radius 3 is 2.83 bits per heavy atom. The number of aryl methyl sites for hydroxylation is 2. The van der Waals surface area contributed by atoms with Crippen molar-refractivity contribution >= 4 is 5.91 Å². The zero-order valence-corrected chi connectivity index (χ0v) is 14.3. The third kappa shape index (κ3) is 4.23. The van der Waals surface area contributed by atoms with E-state index in [1.807, 2.05) is 44.3 Å². The van der Waals surface area contributed by atoms with E-state index in [0.29, 0.717) is 12.0 Å². The number of aliphatic hydroxyl groups is 1. The molecule has 1 amide bonds. The number of H-pyrrole nitrogens is 1. The van der Waals surface area contributed by atoms with Crippen molar-refractivity contribution in [3.05, 3.63) is 52.8 Å². The Morgan fingerprint density at radius 2 is 2.12 bits per heavy atom. The molecule has 3 N–H and O–H groups in total. The number of aromatic amines is 1. The third-order valence-electron chi connectivity index (χ3n) is 4.59. The largest absolute Gasteiger partial charge is 0.390 e. The number of carbonyl (C=O) groups excluding carboxylic acids is 1. The number of fused-ring (bicyclic) bond motifs is 1. The first-order valence-corrected chi connectivity index (χ1v) is 8.54. The topological polar surface area (TPSA) is 78.0 Å². The quantitative estimate of drug-likeness (QED) is 0.789. The van der Waals surface area contributed by atoms with Crippen molar-refractivity contribution in [3.63, 3.8) is 0 Å². The van der Waals surface area contributed by atoms with Crippen LogP contribution in [0.1, 0.15) is 53.9 Å². The van der Waals surface area contributed by atoms with Crippen LogP contribution in [0.5, 0.6) is 0 Å². The van der Waals surface area contributed by atoms with Crippen LogP contribution >= 0.6 is 0 Å². The minimum atomic E-state index is -0.664. The van der Waals surface area contributed by atoms with E-state index in [1.165, 1.54) is 11.3 Å². The van der Waals surface area contributed by atoms with Crippen LogP contribution in [0, 0.1) is 0 Å². The summed E-state index contributed by atoms with van der Waals surface area (Å²) in [7, 11) is 0. The lowest BCUT2D eigenvalue weighted by molar-refractivity contribution is 0.0713. The van der Waals surface area contributed by atoms with Crippen LogP contribution in [-0.4, -0.2) is 32.9 Å². The molecule has 3 rings (SSSR count). The number of amides is 1. The van der Waals surface area contributed by atoms with Gasteiger partial charge in [-0.15, -0.1) is 0 Å². The summed E-state index contributed by atoms with van der Waals surface area (Å²) in [5.41, 5.74) is 3.54. The predicted molar refractivity (Wildman–Crippen MR) is 92.9 cm³/mol. The average molecular weight is 327 g/mol. The van der Waals surface area contributed by atoms with Crippen molar-refractivity contribution in [3.8, 4) is 0 Å². The second-order valence-electron chi connectivity index (χ2n) is 7.30. The normalized spacial score (nSPS) is 17.4. The Balaban J connectivity index is 1.56. The molecule has 0 fully saturated rings. The van der Waals surface area contributed by atoms with Crippen LogP contribution in [0.3, 0.4) is 0 Å². The number of nitrogens with zero attached hydrogens (tertiary/aromatic N) is 1. The second-order valence-corrected chi connectivity index (χ2v) is 7.30. The average Bonchev–Trinajstić information content (AvgIpc) is 3.00. The minimum Gasteiger partial charge on any atom is -0.390 e. The highest BCUT2D eigenvalue weighted by molar-refractivity contribution is 5.94. The molecule has 0 saturated carbocycles. The lowest BCUT2D eigenvalue weighted by atomic mass is 9.93. The van der Waals surface area contributed by atoms with E-state index in [1.54, 1.807) is 0 Å². The maximum Gasteiger partial charge on any atom is 0.251 e. The van der Waals surface area contributed by atoms with Gasteiger partial charge in [-0.05, 0) is 69.2 Å². The van der Waals surface area contributed by atoms with E-state index in [9.17, 15) is 9.90 Å². The van der Waals surface area contributed by atoms with E-state index in [4.69, 9.17) is 0 Å². The first-order chi connectivity index (χ1) is 11.4. The van der Waals surface area contributed by atoms with Crippen LogP contribution in [-0.2, 0) is 19.3 Å². The summed E-state index contributed by atoms with van der Waals surface area (Å²) in [6.07, 6.45) is 6.05. The van der Waals surface area contributed by atoms with Crippen molar-refractivity contribution in [1.29, 1.82) is 0 Å². The van der Waals surface area contributed by atoms with Gasteiger partial charge in [-0.3, -0.25) is 9.89 Å². The Kier molecular flexibility index (Phi) is 4.71. The first kappa shape index (κ1) is 16.7. The molecule has 0 saturated heterocycles. The van der Waals surface area contributed by atoms with Gasteiger partial charge in [0.1, 0.15) is 0 Å². The number of rotatable bonds is 5. The molecule has 0 radical (unpaired) electrons. The monoisotopic (exact) mass is 327 g/mol. The standard InChI is InChI=1S/C19H25N3O2/c1-19(2,24)10-9-13-3-5-14(6-4-13)18(23)21-16-7-8-17-15(11-16)12-20-22-17/h3-6,12,16,24H,7-11H2,1-2H3,(H,20,22)(H,21,23)/t16-/m0/s1. The molecule has 1 heterocycles. The predicted octanol–water partition coefficient (Wildman–Crippen LogP) is 2.40. The molecule has 0 bridgehead atoms. The van der Waals surface area contributed by atoms with Crippen LogP contribution in [0.15, 0.2) is 30.5 Å². The lowest BCUT2D eigenvalue weighted by Gasteiger charge is -2.23. The van der Waals surface area contributed by atoms with Gasteiger partial charge in [-0.25, -0.2) is 0 Å². The smallest absolute Gasteiger partial charge is 0.251 e. The van der Waals surface area contributed by atoms with E-state index < -0.39 is 5.60 Å². The highest BCUT2D eigenvalue weighted by Crippen LogP contribution is 2.19. The Morgan fingerprint density at radius 1 is 1.38 bits per heavy atom. The number of hydrogen-bond donors (Lipinski definition) is 3. The zero-order chi connectivity index (χ0) is 17.2. The molecule has 5 nitrogen and oxygen atoms in total. The Hall–Kier alpha value is -2.14. The molecule has 24 heavy (non-hydrogen) atoms. The number of hydrogen-bond acceptors (Lipinski definition) is 3. The molecule has 0 aliphatic heterocycles. The molecular weight excluding hydrogens is 302 g/mol. The van der Waals surface area contributed by atoms with Crippen molar-refractivity contribution in [2.75, 3.05) is 0 Å². The van der Waals surface area contributed by atoms with Crippen LogP contribution < -0.4 is 5.32 Å². The first-order valence-electron chi connectivity index (χ1n) is 8.54. The second kappa shape index (κ2) is 6.77. The number of benzene rings is 1. The highest BCUT2D eigenvalue weighted by Gasteiger charge is 2.22. The van der Waals surface area contributed by atoms with Crippen molar-refractivity contribution in [2.45, 2.75) is 57.6 Å². The van der Waals surface area contributed by atoms with E-state index >= 15 is 0 Å². The molecule has 1 aromatic heterocycles. The summed E-state index contributed by atoms with van der Waals surface area (Å²) in [4.78, 5) is 12.4. The summed E-state index contributed by atoms with van der Waals surface area (Å²) in [5.74, 6) is -0.0269. The van der Waals surface area contributed by atoms with E-state index in [-0.39, 0.29) is 11.9 Å². The number of aromatic nitrogens is 2. The number of nitrogens with one attached hydrogen (secondary N) is 2. The van der Waals surface area contributed by atoms with E-state index in [0.717, 1.165) is 31.2 Å². The Bertz CT molecular complexity index is 698. The Labute approximate surface area is 142 Å². The molecular formula is C19H25N3O2. The summed E-state index contributed by atoms with van der Waals surface area (Å²) in [6.45, 7) is 3.62. The summed E-state index contributed by atoms with van der Waals surface area (Å²) < 4.78 is 0. The van der Waals surface area contributed by atoms with Crippen LogP contribution in [0.2, 0.25) is 0 Å². The van der Waals surface area contributed by atoms with Gasteiger partial charge in [0.25, 0.3) is 5.91 Å². The van der Waals surface area contributed by atoms with Crippen molar-refractivity contribution in [1.82, 2.24) is 15.5 Å². The molecule has 0 unspecified atom stereocenters. The van der Waals surface area contributed by atoms with Gasteiger partial charge in [0.05, 0.1) is 11.8 Å². The fourth-order valence-electron chi connectivity index (χ4n) is 3.08. The maximum atomic E-state index is 12.4. The number of carbonyl (C=O) groups is 1. The van der Waals surface area contributed by atoms with Gasteiger partial charge < -0.3 is 10.4 Å². The van der Waals surface area contributed by atoms with Crippen LogP contribution in [0.4, 0.5) is 0 Å². The molecule has 1 aliphatic rings. The maximum absolute atomic E-state index is 12.4. The van der Waals surface area contributed by atoms with Gasteiger partial charge in [-0.1, -0.05) is 12.1 Å². The molecule has 5 heteroatoms. The fraction of sp³-hybridized carbons (Fsp3) is 0.474.